The molecule has 2 aliphatic heterocycles. The number of rotatable bonds is 1. The fourth-order valence-electron chi connectivity index (χ4n) is 2.43. The smallest absolute Gasteiger partial charge is 0.239 e. The van der Waals surface area contributed by atoms with Gasteiger partial charge in [-0.25, -0.2) is 0 Å². The van der Waals surface area contributed by atoms with E-state index in [1.807, 2.05) is 4.90 Å². The van der Waals surface area contributed by atoms with Crippen molar-refractivity contribution in [3.8, 4) is 0 Å². The summed E-state index contributed by atoms with van der Waals surface area (Å²) in [6.07, 6.45) is 1.29. The number of hydrogen-bond acceptors (Lipinski definition) is 3. The van der Waals surface area contributed by atoms with Gasteiger partial charge in [0.05, 0.1) is 12.1 Å². The third-order valence-corrected chi connectivity index (χ3v) is 3.39. The van der Waals surface area contributed by atoms with Gasteiger partial charge in [0.15, 0.2) is 0 Å². The zero-order valence-corrected chi connectivity index (χ0v) is 9.49. The highest BCUT2D eigenvalue weighted by Crippen LogP contribution is 2.29. The Morgan fingerprint density at radius 2 is 2.27 bits per heavy atom. The van der Waals surface area contributed by atoms with Crippen LogP contribution >= 0.6 is 0 Å². The number of aliphatic hydroxyl groups excluding tert-OH is 1. The highest BCUT2D eigenvalue weighted by molar-refractivity contribution is 5.82. The number of hydrogen-bond donors (Lipinski definition) is 2. The fraction of sp³-hybridized carbons (Fsp3) is 0.909. The molecule has 1 amide bonds. The minimum absolute atomic E-state index is 0.158. The predicted molar refractivity (Wildman–Crippen MR) is 57.4 cm³/mol. The molecule has 2 saturated heterocycles. The SMILES string of the molecule is CC1(C)CCN(C(=O)[C@H]2C[C@@H](O)CN2)C1. The molecule has 15 heavy (non-hydrogen) atoms. The van der Waals surface area contributed by atoms with Gasteiger partial charge in [0.1, 0.15) is 0 Å². The van der Waals surface area contributed by atoms with Crippen LogP contribution in [-0.4, -0.2) is 47.7 Å². The van der Waals surface area contributed by atoms with Gasteiger partial charge in [-0.1, -0.05) is 13.8 Å². The Kier molecular flexibility index (Phi) is 2.73. The van der Waals surface area contributed by atoms with E-state index in [-0.39, 0.29) is 23.5 Å². The van der Waals surface area contributed by atoms with Gasteiger partial charge in [-0.05, 0) is 18.3 Å². The maximum absolute atomic E-state index is 12.0. The lowest BCUT2D eigenvalue weighted by atomic mass is 9.93. The van der Waals surface area contributed by atoms with Crippen molar-refractivity contribution in [2.45, 2.75) is 38.8 Å². The second-order valence-electron chi connectivity index (χ2n) is 5.52. The van der Waals surface area contributed by atoms with Gasteiger partial charge in [-0.2, -0.15) is 0 Å². The van der Waals surface area contributed by atoms with E-state index >= 15 is 0 Å². The van der Waals surface area contributed by atoms with Crippen molar-refractivity contribution in [3.63, 3.8) is 0 Å². The predicted octanol–water partition coefficient (Wildman–Crippen LogP) is -0.0323. The van der Waals surface area contributed by atoms with Crippen molar-refractivity contribution in [2.75, 3.05) is 19.6 Å². The summed E-state index contributed by atoms with van der Waals surface area (Å²) in [5, 5.41) is 12.4. The average molecular weight is 212 g/mol. The lowest BCUT2D eigenvalue weighted by molar-refractivity contribution is -0.132. The van der Waals surface area contributed by atoms with Crippen molar-refractivity contribution in [2.24, 2.45) is 5.41 Å². The average Bonchev–Trinajstić information content (AvgIpc) is 2.71. The largest absolute Gasteiger partial charge is 0.392 e. The molecule has 2 atom stereocenters. The summed E-state index contributed by atoms with van der Waals surface area (Å²) in [5.74, 6) is 0.164. The van der Waals surface area contributed by atoms with E-state index in [4.69, 9.17) is 0 Å². The van der Waals surface area contributed by atoms with E-state index in [1.165, 1.54) is 0 Å². The molecule has 0 aromatic carbocycles. The maximum Gasteiger partial charge on any atom is 0.239 e. The zero-order valence-electron chi connectivity index (χ0n) is 9.49. The highest BCUT2D eigenvalue weighted by Gasteiger charge is 2.37. The van der Waals surface area contributed by atoms with Crippen LogP contribution in [0.2, 0.25) is 0 Å². The standard InChI is InChI=1S/C11H20N2O2/c1-11(2)3-4-13(7-11)10(15)9-5-8(14)6-12-9/h8-9,12,14H,3-7H2,1-2H3/t8-,9-/m1/s1. The minimum Gasteiger partial charge on any atom is -0.392 e. The molecule has 4 heteroatoms. The molecule has 0 saturated carbocycles. The number of nitrogens with one attached hydrogen (secondary N) is 1. The van der Waals surface area contributed by atoms with Crippen molar-refractivity contribution in [1.82, 2.24) is 10.2 Å². The first-order valence-electron chi connectivity index (χ1n) is 5.68. The van der Waals surface area contributed by atoms with Gasteiger partial charge < -0.3 is 15.3 Å². The Morgan fingerprint density at radius 3 is 2.73 bits per heavy atom. The Balaban J connectivity index is 1.92. The van der Waals surface area contributed by atoms with Crippen LogP contribution in [-0.2, 0) is 4.79 Å². The van der Waals surface area contributed by atoms with Crippen molar-refractivity contribution >= 4 is 5.91 Å². The van der Waals surface area contributed by atoms with Crippen molar-refractivity contribution < 1.29 is 9.90 Å². The number of amides is 1. The summed E-state index contributed by atoms with van der Waals surface area (Å²) in [6.45, 7) is 6.64. The molecule has 0 radical (unpaired) electrons. The van der Waals surface area contributed by atoms with Gasteiger partial charge in [0.25, 0.3) is 0 Å². The Morgan fingerprint density at radius 1 is 1.53 bits per heavy atom. The molecule has 0 aromatic rings. The van der Waals surface area contributed by atoms with Crippen LogP contribution in [0.15, 0.2) is 0 Å². The monoisotopic (exact) mass is 212 g/mol. The third-order valence-electron chi connectivity index (χ3n) is 3.39. The van der Waals surface area contributed by atoms with Crippen LogP contribution in [0.4, 0.5) is 0 Å². The van der Waals surface area contributed by atoms with Gasteiger partial charge in [-0.3, -0.25) is 4.79 Å². The minimum atomic E-state index is -0.352. The van der Waals surface area contributed by atoms with Gasteiger partial charge in [0, 0.05) is 19.6 Å². The molecule has 0 aliphatic carbocycles. The quantitative estimate of drug-likeness (QED) is 0.641. The summed E-state index contributed by atoms with van der Waals surface area (Å²) in [5.41, 5.74) is 0.257. The van der Waals surface area contributed by atoms with Crippen molar-refractivity contribution in [1.29, 1.82) is 0 Å². The number of likely N-dealkylation sites (tertiary alicyclic amines) is 1. The Hall–Kier alpha value is -0.610. The molecule has 2 heterocycles. The van der Waals surface area contributed by atoms with E-state index in [0.29, 0.717) is 13.0 Å². The molecule has 0 bridgehead atoms. The second-order valence-corrected chi connectivity index (χ2v) is 5.52. The summed E-state index contributed by atoms with van der Waals surface area (Å²) >= 11 is 0. The maximum atomic E-state index is 12.0. The Labute approximate surface area is 90.6 Å². The van der Waals surface area contributed by atoms with Crippen LogP contribution < -0.4 is 5.32 Å². The fourth-order valence-corrected chi connectivity index (χ4v) is 2.43. The number of carbonyl (C=O) groups is 1. The first-order valence-corrected chi connectivity index (χ1v) is 5.68. The van der Waals surface area contributed by atoms with E-state index in [1.54, 1.807) is 0 Å². The van der Waals surface area contributed by atoms with Gasteiger partial charge in [0.2, 0.25) is 5.91 Å². The number of β-amino-alcohol motifs (C(OH)–C–C–N with tert-alkyl or cyclic N) is 1. The normalized spacial score (nSPS) is 34.7. The lowest BCUT2D eigenvalue weighted by Crippen LogP contribution is -2.42. The van der Waals surface area contributed by atoms with Crippen LogP contribution in [0.3, 0.4) is 0 Å². The molecule has 2 rings (SSSR count). The van der Waals surface area contributed by atoms with Crippen LogP contribution in [0, 0.1) is 5.41 Å². The van der Waals surface area contributed by atoms with Gasteiger partial charge in [-0.15, -0.1) is 0 Å². The van der Waals surface area contributed by atoms with Crippen LogP contribution in [0.25, 0.3) is 0 Å². The highest BCUT2D eigenvalue weighted by atomic mass is 16.3. The molecular weight excluding hydrogens is 192 g/mol. The summed E-state index contributed by atoms with van der Waals surface area (Å²) in [7, 11) is 0. The number of aliphatic hydroxyl groups is 1. The van der Waals surface area contributed by atoms with Crippen molar-refractivity contribution in [3.05, 3.63) is 0 Å². The first kappa shape index (κ1) is 10.9. The van der Waals surface area contributed by atoms with Crippen LogP contribution in [0.5, 0.6) is 0 Å². The summed E-state index contributed by atoms with van der Waals surface area (Å²) < 4.78 is 0. The van der Waals surface area contributed by atoms with E-state index in [2.05, 4.69) is 19.2 Å². The lowest BCUT2D eigenvalue weighted by Gasteiger charge is -2.22. The molecule has 2 aliphatic rings. The molecule has 0 spiro atoms. The van der Waals surface area contributed by atoms with Crippen LogP contribution in [0.1, 0.15) is 26.7 Å². The number of carbonyl (C=O) groups excluding carboxylic acids is 1. The molecular formula is C11H20N2O2. The van der Waals surface area contributed by atoms with E-state index in [9.17, 15) is 9.90 Å². The summed E-state index contributed by atoms with van der Waals surface area (Å²) in [6, 6.07) is -0.158. The third kappa shape index (κ3) is 2.32. The molecule has 86 valence electrons. The Bertz CT molecular complexity index is 265. The zero-order chi connectivity index (χ0) is 11.1. The number of nitrogens with zero attached hydrogens (tertiary/aromatic N) is 1. The van der Waals surface area contributed by atoms with Gasteiger partial charge >= 0.3 is 0 Å². The molecule has 4 nitrogen and oxygen atoms in total. The summed E-state index contributed by atoms with van der Waals surface area (Å²) in [4.78, 5) is 14.0. The molecule has 2 N–H and O–H groups in total. The topological polar surface area (TPSA) is 52.6 Å². The van der Waals surface area contributed by atoms with E-state index < -0.39 is 0 Å². The second kappa shape index (κ2) is 3.76. The molecule has 0 aromatic heterocycles. The van der Waals surface area contributed by atoms with E-state index in [0.717, 1.165) is 19.5 Å². The molecule has 0 unspecified atom stereocenters. The molecule has 2 fully saturated rings. The first-order chi connectivity index (χ1) is 6.98.